The van der Waals surface area contributed by atoms with Crippen LogP contribution in [0, 0.1) is 0 Å². The predicted octanol–water partition coefficient (Wildman–Crippen LogP) is 1.57. The topological polar surface area (TPSA) is 56.9 Å². The lowest BCUT2D eigenvalue weighted by Crippen LogP contribution is -2.52. The number of rotatable bonds is 4. The van der Waals surface area contributed by atoms with Crippen LogP contribution in [0.4, 0.5) is 0 Å². The molecule has 23 heavy (non-hydrogen) atoms. The molecular weight excluding hydrogens is 290 g/mol. The highest BCUT2D eigenvalue weighted by Gasteiger charge is 2.19. The first-order valence-electron chi connectivity index (χ1n) is 7.96. The molecule has 2 heterocycles. The number of nitrogens with zero attached hydrogens (tertiary/aromatic N) is 4. The SMILES string of the molecule is CN=C(NCc1ccon1)N1CCN(Cc2ccccc2)CC1. The fourth-order valence-corrected chi connectivity index (χ4v) is 2.79. The standard InChI is InChI=1S/C17H23N5O/c1-18-17(19-13-16-7-12-23-20-16)22-10-8-21(9-11-22)14-15-5-3-2-4-6-15/h2-7,12H,8-11,13-14H2,1H3,(H,18,19). The van der Waals surface area contributed by atoms with Gasteiger partial charge in [0.1, 0.15) is 12.0 Å². The van der Waals surface area contributed by atoms with E-state index < -0.39 is 0 Å². The van der Waals surface area contributed by atoms with Crippen molar-refractivity contribution in [1.82, 2.24) is 20.3 Å². The predicted molar refractivity (Wildman–Crippen MR) is 90.0 cm³/mol. The number of guanidine groups is 1. The van der Waals surface area contributed by atoms with Crippen LogP contribution in [-0.2, 0) is 13.1 Å². The summed E-state index contributed by atoms with van der Waals surface area (Å²) in [6.07, 6.45) is 1.59. The van der Waals surface area contributed by atoms with Crippen LogP contribution in [0.1, 0.15) is 11.3 Å². The third-order valence-corrected chi connectivity index (χ3v) is 4.05. The highest BCUT2D eigenvalue weighted by Crippen LogP contribution is 2.08. The van der Waals surface area contributed by atoms with E-state index in [1.54, 1.807) is 6.26 Å². The van der Waals surface area contributed by atoms with Crippen molar-refractivity contribution < 1.29 is 4.52 Å². The first-order chi connectivity index (χ1) is 11.3. The molecule has 1 aliphatic rings. The van der Waals surface area contributed by atoms with Gasteiger partial charge < -0.3 is 14.7 Å². The second-order valence-electron chi connectivity index (χ2n) is 5.64. The number of hydrogen-bond acceptors (Lipinski definition) is 4. The van der Waals surface area contributed by atoms with E-state index in [4.69, 9.17) is 4.52 Å². The summed E-state index contributed by atoms with van der Waals surface area (Å²) in [4.78, 5) is 9.15. The van der Waals surface area contributed by atoms with Crippen molar-refractivity contribution in [2.24, 2.45) is 4.99 Å². The summed E-state index contributed by atoms with van der Waals surface area (Å²) >= 11 is 0. The molecule has 1 aliphatic heterocycles. The highest BCUT2D eigenvalue weighted by molar-refractivity contribution is 5.79. The zero-order valence-corrected chi connectivity index (χ0v) is 13.5. The van der Waals surface area contributed by atoms with Crippen molar-refractivity contribution in [2.75, 3.05) is 33.2 Å². The minimum atomic E-state index is 0.632. The van der Waals surface area contributed by atoms with Crippen molar-refractivity contribution in [3.05, 3.63) is 53.9 Å². The van der Waals surface area contributed by atoms with E-state index in [9.17, 15) is 0 Å². The van der Waals surface area contributed by atoms with Crippen molar-refractivity contribution in [2.45, 2.75) is 13.1 Å². The van der Waals surface area contributed by atoms with Crippen molar-refractivity contribution >= 4 is 5.96 Å². The van der Waals surface area contributed by atoms with Crippen LogP contribution in [0.15, 0.2) is 52.2 Å². The van der Waals surface area contributed by atoms with Crippen LogP contribution in [0.2, 0.25) is 0 Å². The van der Waals surface area contributed by atoms with E-state index in [0.29, 0.717) is 6.54 Å². The second kappa shape index (κ2) is 7.78. The Morgan fingerprint density at radius 2 is 1.96 bits per heavy atom. The van der Waals surface area contributed by atoms with E-state index >= 15 is 0 Å². The summed E-state index contributed by atoms with van der Waals surface area (Å²) in [5.41, 5.74) is 2.25. The fraction of sp³-hybridized carbons (Fsp3) is 0.412. The molecule has 3 rings (SSSR count). The van der Waals surface area contributed by atoms with Crippen LogP contribution in [0.3, 0.4) is 0 Å². The van der Waals surface area contributed by atoms with Gasteiger partial charge in [0.2, 0.25) is 0 Å². The molecule has 0 atom stereocenters. The number of hydrogen-bond donors (Lipinski definition) is 1. The van der Waals surface area contributed by atoms with Crippen LogP contribution >= 0.6 is 0 Å². The summed E-state index contributed by atoms with van der Waals surface area (Å²) in [6.45, 7) is 5.68. The average molecular weight is 313 g/mol. The molecule has 0 spiro atoms. The molecule has 1 aromatic heterocycles. The number of nitrogens with one attached hydrogen (secondary N) is 1. The summed E-state index contributed by atoms with van der Waals surface area (Å²) in [6, 6.07) is 12.5. The van der Waals surface area contributed by atoms with Crippen molar-refractivity contribution in [3.8, 4) is 0 Å². The minimum absolute atomic E-state index is 0.632. The molecular formula is C17H23N5O. The molecule has 6 heteroatoms. The Labute approximate surface area is 136 Å². The van der Waals surface area contributed by atoms with Gasteiger partial charge in [-0.15, -0.1) is 0 Å². The van der Waals surface area contributed by atoms with Gasteiger partial charge in [-0.05, 0) is 5.56 Å². The molecule has 2 aromatic rings. The molecule has 1 aromatic carbocycles. The van der Waals surface area contributed by atoms with Crippen LogP contribution < -0.4 is 5.32 Å². The molecule has 1 saturated heterocycles. The minimum Gasteiger partial charge on any atom is -0.364 e. The smallest absolute Gasteiger partial charge is 0.194 e. The first-order valence-corrected chi connectivity index (χ1v) is 7.96. The lowest BCUT2D eigenvalue weighted by molar-refractivity contribution is 0.172. The zero-order chi connectivity index (χ0) is 15.9. The lowest BCUT2D eigenvalue weighted by Gasteiger charge is -2.36. The number of benzene rings is 1. The molecule has 0 unspecified atom stereocenters. The van der Waals surface area contributed by atoms with Gasteiger partial charge in [0.25, 0.3) is 0 Å². The van der Waals surface area contributed by atoms with Gasteiger partial charge >= 0.3 is 0 Å². The van der Waals surface area contributed by atoms with Gasteiger partial charge in [0.15, 0.2) is 5.96 Å². The van der Waals surface area contributed by atoms with Gasteiger partial charge in [-0.3, -0.25) is 9.89 Å². The van der Waals surface area contributed by atoms with Gasteiger partial charge in [-0.1, -0.05) is 35.5 Å². The molecule has 0 aliphatic carbocycles. The largest absolute Gasteiger partial charge is 0.364 e. The number of aromatic nitrogens is 1. The number of piperazine rings is 1. The summed E-state index contributed by atoms with van der Waals surface area (Å²) in [5.74, 6) is 0.923. The number of aliphatic imine (C=N–C) groups is 1. The third kappa shape index (κ3) is 4.32. The maximum Gasteiger partial charge on any atom is 0.194 e. The normalized spacial score (nSPS) is 16.6. The Morgan fingerprint density at radius 1 is 1.17 bits per heavy atom. The first kappa shape index (κ1) is 15.6. The highest BCUT2D eigenvalue weighted by atomic mass is 16.5. The molecule has 0 radical (unpaired) electrons. The summed E-state index contributed by atoms with van der Waals surface area (Å²) < 4.78 is 4.85. The van der Waals surface area contributed by atoms with E-state index in [-0.39, 0.29) is 0 Å². The Bertz CT molecular complexity index is 603. The maximum atomic E-state index is 4.85. The monoisotopic (exact) mass is 313 g/mol. The van der Waals surface area contributed by atoms with Gasteiger partial charge in [0, 0.05) is 45.8 Å². The van der Waals surface area contributed by atoms with E-state index in [0.717, 1.165) is 44.4 Å². The lowest BCUT2D eigenvalue weighted by atomic mass is 10.2. The Hall–Kier alpha value is -2.34. The average Bonchev–Trinajstić information content (AvgIpc) is 3.11. The molecule has 0 amide bonds. The molecule has 1 N–H and O–H groups in total. The van der Waals surface area contributed by atoms with Gasteiger partial charge in [0.05, 0.1) is 6.54 Å². The van der Waals surface area contributed by atoms with Crippen LogP contribution in [0.5, 0.6) is 0 Å². The molecule has 0 bridgehead atoms. The van der Waals surface area contributed by atoms with Crippen molar-refractivity contribution in [3.63, 3.8) is 0 Å². The molecule has 122 valence electrons. The van der Waals surface area contributed by atoms with E-state index in [1.165, 1.54) is 5.56 Å². The van der Waals surface area contributed by atoms with E-state index in [1.807, 2.05) is 13.1 Å². The van der Waals surface area contributed by atoms with Crippen LogP contribution in [-0.4, -0.2) is 54.1 Å². The molecule has 1 fully saturated rings. The van der Waals surface area contributed by atoms with Gasteiger partial charge in [-0.2, -0.15) is 0 Å². The van der Waals surface area contributed by atoms with Crippen molar-refractivity contribution in [1.29, 1.82) is 0 Å². The Kier molecular flexibility index (Phi) is 5.26. The van der Waals surface area contributed by atoms with Crippen LogP contribution in [0.25, 0.3) is 0 Å². The summed E-state index contributed by atoms with van der Waals surface area (Å²) in [5, 5.41) is 7.25. The Balaban J connectivity index is 1.47. The zero-order valence-electron chi connectivity index (χ0n) is 13.5. The van der Waals surface area contributed by atoms with E-state index in [2.05, 4.69) is 55.6 Å². The Morgan fingerprint density at radius 3 is 2.61 bits per heavy atom. The maximum absolute atomic E-state index is 4.85. The fourth-order valence-electron chi connectivity index (χ4n) is 2.79. The quantitative estimate of drug-likeness (QED) is 0.686. The molecule has 6 nitrogen and oxygen atoms in total. The molecule has 0 saturated carbocycles. The third-order valence-electron chi connectivity index (χ3n) is 4.05. The second-order valence-corrected chi connectivity index (χ2v) is 5.64. The van der Waals surface area contributed by atoms with Gasteiger partial charge in [-0.25, -0.2) is 0 Å². The summed E-state index contributed by atoms with van der Waals surface area (Å²) in [7, 11) is 1.82.